The van der Waals surface area contributed by atoms with Gasteiger partial charge in [0.15, 0.2) is 0 Å². The van der Waals surface area contributed by atoms with Crippen LogP contribution in [-0.4, -0.2) is 69.9 Å². The molecule has 7 nitrogen and oxygen atoms in total. The first-order chi connectivity index (χ1) is 32.0. The lowest BCUT2D eigenvalue weighted by molar-refractivity contribution is 0.0235. The molecule has 1 aliphatic rings. The van der Waals surface area contributed by atoms with Crippen molar-refractivity contribution in [3.8, 4) is 0 Å². The molecule has 0 saturated carbocycles. The highest BCUT2D eigenvalue weighted by molar-refractivity contribution is 8.01. The molecule has 1 saturated heterocycles. The summed E-state index contributed by atoms with van der Waals surface area (Å²) in [5.41, 5.74) is 7.39. The van der Waals surface area contributed by atoms with Crippen LogP contribution >= 0.6 is 23.5 Å². The van der Waals surface area contributed by atoms with Gasteiger partial charge in [0, 0.05) is 48.0 Å². The normalized spacial score (nSPS) is 15.6. The number of nitrogens with one attached hydrogen (secondary N) is 2. The fourth-order valence-electron chi connectivity index (χ4n) is 8.86. The summed E-state index contributed by atoms with van der Waals surface area (Å²) in [7, 11) is 0. The van der Waals surface area contributed by atoms with Crippen molar-refractivity contribution in [3.05, 3.63) is 203 Å². The molecule has 2 N–H and O–H groups in total. The van der Waals surface area contributed by atoms with Crippen molar-refractivity contribution in [2.45, 2.75) is 93.4 Å². The fourth-order valence-corrected chi connectivity index (χ4v) is 11.3. The monoisotopic (exact) mass is 922 g/mol. The Kier molecular flexibility index (Phi) is 17.0. The van der Waals surface area contributed by atoms with Crippen LogP contribution in [0.15, 0.2) is 158 Å². The van der Waals surface area contributed by atoms with Gasteiger partial charge in [-0.2, -0.15) is 11.8 Å². The second-order valence-electron chi connectivity index (χ2n) is 18.1. The van der Waals surface area contributed by atoms with E-state index in [2.05, 4.69) is 119 Å². The van der Waals surface area contributed by atoms with Crippen LogP contribution in [0, 0.1) is 5.82 Å². The molecule has 2 heterocycles. The number of halogens is 1. The number of thioether (sulfide) groups is 2. The molecular weight excluding hydrogens is 860 g/mol. The molecule has 66 heavy (non-hydrogen) atoms. The largest absolute Gasteiger partial charge is 0.444 e. The maximum atomic E-state index is 14.5. The number of ether oxygens (including phenoxy) is 1. The SMILES string of the molecule is CSCC[C@H](CCCc1cccnc1)NC(=O)c1cc(NC[C@@H]2C[C@H](SC(c3ccccc3)(c3ccccc3)c3ccccc3)CN2C(=O)OC(C)(C)C)ccc1CCc1ccc(F)cc1. The van der Waals surface area contributed by atoms with Gasteiger partial charge in [-0.1, -0.05) is 115 Å². The summed E-state index contributed by atoms with van der Waals surface area (Å²) in [6.07, 6.45) is 11.0. The van der Waals surface area contributed by atoms with Crippen molar-refractivity contribution < 1.29 is 18.7 Å². The molecule has 0 aliphatic carbocycles. The average molecular weight is 923 g/mol. The van der Waals surface area contributed by atoms with E-state index in [-0.39, 0.29) is 35.2 Å². The third kappa shape index (κ3) is 13.1. The summed E-state index contributed by atoms with van der Waals surface area (Å²) in [6, 6.07) is 48.5. The van der Waals surface area contributed by atoms with Gasteiger partial charge in [-0.3, -0.25) is 9.78 Å². The second-order valence-corrected chi connectivity index (χ2v) is 20.6. The number of carbonyl (C=O) groups is 2. The Morgan fingerprint density at radius 3 is 2.03 bits per heavy atom. The van der Waals surface area contributed by atoms with Gasteiger partial charge in [0.2, 0.25) is 0 Å². The Bertz CT molecular complexity index is 2340. The number of aromatic nitrogens is 1. The van der Waals surface area contributed by atoms with Crippen molar-refractivity contribution >= 4 is 41.2 Å². The molecule has 2 amide bonds. The first-order valence-electron chi connectivity index (χ1n) is 23.1. The van der Waals surface area contributed by atoms with Crippen molar-refractivity contribution in [2.24, 2.45) is 0 Å². The molecule has 344 valence electrons. The van der Waals surface area contributed by atoms with E-state index in [0.29, 0.717) is 31.5 Å². The van der Waals surface area contributed by atoms with E-state index >= 15 is 0 Å². The minimum absolute atomic E-state index is 0.00766. The number of likely N-dealkylation sites (tertiary alicyclic amines) is 1. The summed E-state index contributed by atoms with van der Waals surface area (Å²) in [6.45, 7) is 6.69. The molecule has 6 aromatic rings. The predicted molar refractivity (Wildman–Crippen MR) is 272 cm³/mol. The Morgan fingerprint density at radius 1 is 0.788 bits per heavy atom. The number of aryl methyl sites for hydroxylation is 3. The topological polar surface area (TPSA) is 83.6 Å². The predicted octanol–water partition coefficient (Wildman–Crippen LogP) is 12.4. The second kappa shape index (κ2) is 23.2. The van der Waals surface area contributed by atoms with Gasteiger partial charge < -0.3 is 20.3 Å². The Morgan fingerprint density at radius 2 is 1.44 bits per heavy atom. The zero-order chi connectivity index (χ0) is 46.4. The maximum Gasteiger partial charge on any atom is 0.410 e. The highest BCUT2D eigenvalue weighted by atomic mass is 32.2. The number of pyridine rings is 1. The molecule has 10 heteroatoms. The molecule has 1 aromatic heterocycles. The highest BCUT2D eigenvalue weighted by Gasteiger charge is 2.45. The molecule has 1 aliphatic heterocycles. The van der Waals surface area contributed by atoms with E-state index in [1.807, 2.05) is 67.9 Å². The van der Waals surface area contributed by atoms with E-state index in [4.69, 9.17) is 4.74 Å². The molecule has 5 aromatic carbocycles. The number of benzene rings is 5. The van der Waals surface area contributed by atoms with Crippen LogP contribution < -0.4 is 10.6 Å². The lowest BCUT2D eigenvalue weighted by atomic mass is 9.84. The van der Waals surface area contributed by atoms with E-state index in [1.165, 1.54) is 34.4 Å². The van der Waals surface area contributed by atoms with Gasteiger partial charge in [0.05, 0.1) is 10.8 Å². The standard InChI is InChI=1S/C56H63FN4O3S2/c1-55(2,3)64-54(63)61-40-51(66-56(44-18-8-5-9-19-44,45-20-10-6-11-21-45)46-22-12-7-13-23-46)37-50(61)39-59-49-32-29-43(28-25-41-26-30-47(57)31-27-41)52(36-49)53(62)60-48(33-35-65-4)24-14-16-42-17-15-34-58-38-42/h5-13,15,17-23,26-27,29-32,34,36,38,48,50-51,59H,14,16,24-25,28,33,35,37,39-40H2,1-4H3,(H,60,62)/t48-,50-,51-/m0/s1. The van der Waals surface area contributed by atoms with E-state index in [1.54, 1.807) is 30.1 Å². The zero-order valence-corrected chi connectivity index (χ0v) is 40.3. The van der Waals surface area contributed by atoms with Crippen LogP contribution in [-0.2, 0) is 28.7 Å². The van der Waals surface area contributed by atoms with Crippen molar-refractivity contribution in [3.63, 3.8) is 0 Å². The lowest BCUT2D eigenvalue weighted by Crippen LogP contribution is -2.42. The van der Waals surface area contributed by atoms with Gasteiger partial charge in [0.1, 0.15) is 11.4 Å². The Balaban J connectivity index is 1.15. The van der Waals surface area contributed by atoms with Gasteiger partial charge >= 0.3 is 6.09 Å². The molecular formula is C56H63FN4O3S2. The van der Waals surface area contributed by atoms with Crippen molar-refractivity contribution in [2.75, 3.05) is 30.4 Å². The van der Waals surface area contributed by atoms with Gasteiger partial charge in [-0.15, -0.1) is 11.8 Å². The van der Waals surface area contributed by atoms with Gasteiger partial charge in [-0.05, 0) is 141 Å². The molecule has 3 atom stereocenters. The summed E-state index contributed by atoms with van der Waals surface area (Å²) in [4.78, 5) is 34.8. The van der Waals surface area contributed by atoms with Crippen LogP contribution in [0.3, 0.4) is 0 Å². The average Bonchev–Trinajstić information content (AvgIpc) is 3.75. The van der Waals surface area contributed by atoms with Crippen molar-refractivity contribution in [1.29, 1.82) is 0 Å². The van der Waals surface area contributed by atoms with E-state index in [0.717, 1.165) is 54.7 Å². The van der Waals surface area contributed by atoms with Gasteiger partial charge in [0.25, 0.3) is 5.91 Å². The number of nitrogens with zero attached hydrogens (tertiary/aromatic N) is 2. The third-order valence-electron chi connectivity index (χ3n) is 12.1. The summed E-state index contributed by atoms with van der Waals surface area (Å²) in [5, 5.41) is 7.14. The minimum atomic E-state index is -0.666. The number of anilines is 1. The number of carbonyl (C=O) groups excluding carboxylic acids is 2. The third-order valence-corrected chi connectivity index (χ3v) is 14.5. The molecule has 7 rings (SSSR count). The van der Waals surface area contributed by atoms with E-state index in [9.17, 15) is 14.0 Å². The summed E-state index contributed by atoms with van der Waals surface area (Å²) < 4.78 is 19.3. The summed E-state index contributed by atoms with van der Waals surface area (Å²) in [5.74, 6) is 0.566. The molecule has 0 radical (unpaired) electrons. The molecule has 0 bridgehead atoms. The molecule has 1 fully saturated rings. The van der Waals surface area contributed by atoms with Crippen LogP contribution in [0.4, 0.5) is 14.9 Å². The number of rotatable bonds is 20. The Hall–Kier alpha value is -5.58. The fraction of sp³-hybridized carbons (Fsp3) is 0.339. The van der Waals surface area contributed by atoms with Crippen LogP contribution in [0.5, 0.6) is 0 Å². The van der Waals surface area contributed by atoms with Crippen LogP contribution in [0.25, 0.3) is 0 Å². The minimum Gasteiger partial charge on any atom is -0.444 e. The summed E-state index contributed by atoms with van der Waals surface area (Å²) >= 11 is 3.68. The molecule has 0 unspecified atom stereocenters. The van der Waals surface area contributed by atoms with Gasteiger partial charge in [-0.25, -0.2) is 9.18 Å². The quantitative estimate of drug-likeness (QED) is 0.0738. The maximum absolute atomic E-state index is 14.5. The first kappa shape index (κ1) is 48.4. The number of hydrogen-bond donors (Lipinski definition) is 2. The van der Waals surface area contributed by atoms with Crippen molar-refractivity contribution in [1.82, 2.24) is 15.2 Å². The van der Waals surface area contributed by atoms with Crippen LogP contribution in [0.2, 0.25) is 0 Å². The smallest absolute Gasteiger partial charge is 0.410 e. The zero-order valence-electron chi connectivity index (χ0n) is 38.6. The van der Waals surface area contributed by atoms with E-state index < -0.39 is 10.3 Å². The van der Waals surface area contributed by atoms with Crippen LogP contribution in [0.1, 0.15) is 90.2 Å². The molecule has 0 spiro atoms. The number of amides is 2. The lowest BCUT2D eigenvalue weighted by Gasteiger charge is -2.37. The number of hydrogen-bond acceptors (Lipinski definition) is 7. The Labute approximate surface area is 399 Å². The first-order valence-corrected chi connectivity index (χ1v) is 25.4. The highest BCUT2D eigenvalue weighted by Crippen LogP contribution is 2.52.